The van der Waals surface area contributed by atoms with Crippen LogP contribution in [0.25, 0.3) is 0 Å². The summed E-state index contributed by atoms with van der Waals surface area (Å²) >= 11 is 1.31. The number of nitriles is 1. The van der Waals surface area contributed by atoms with Crippen LogP contribution in [-0.2, 0) is 4.79 Å². The summed E-state index contributed by atoms with van der Waals surface area (Å²) in [5, 5.41) is 13.0. The molecule has 0 aromatic carbocycles. The fourth-order valence-electron chi connectivity index (χ4n) is 3.08. The van der Waals surface area contributed by atoms with Gasteiger partial charge in [-0.25, -0.2) is 9.97 Å². The van der Waals surface area contributed by atoms with Crippen molar-refractivity contribution in [1.82, 2.24) is 15.3 Å². The molecule has 0 bridgehead atoms. The third kappa shape index (κ3) is 4.44. The second-order valence-electron chi connectivity index (χ2n) is 6.38. The van der Waals surface area contributed by atoms with Gasteiger partial charge in [0.05, 0.1) is 11.4 Å². The molecule has 5 nitrogen and oxygen atoms in total. The normalized spacial score (nSPS) is 24.0. The SMILES string of the molecule is Cc1nc(C)c(C#N)c(SCC(=O)NC2CCCC(C)C2C)n1. The van der Waals surface area contributed by atoms with Crippen LogP contribution in [0.5, 0.6) is 0 Å². The molecule has 6 heteroatoms. The summed E-state index contributed by atoms with van der Waals surface area (Å²) in [5.41, 5.74) is 1.13. The lowest BCUT2D eigenvalue weighted by Gasteiger charge is -2.34. The molecule has 0 saturated heterocycles. The van der Waals surface area contributed by atoms with E-state index in [4.69, 9.17) is 0 Å². The van der Waals surface area contributed by atoms with E-state index in [0.29, 0.717) is 33.9 Å². The zero-order valence-corrected chi connectivity index (χ0v) is 15.0. The van der Waals surface area contributed by atoms with Gasteiger partial charge in [-0.3, -0.25) is 4.79 Å². The summed E-state index contributed by atoms with van der Waals surface area (Å²) in [6.07, 6.45) is 3.47. The molecule has 1 aliphatic rings. The first-order valence-electron chi connectivity index (χ1n) is 8.10. The van der Waals surface area contributed by atoms with Crippen LogP contribution < -0.4 is 5.32 Å². The number of amides is 1. The minimum Gasteiger partial charge on any atom is -0.352 e. The van der Waals surface area contributed by atoms with Crippen molar-refractivity contribution in [2.24, 2.45) is 11.8 Å². The predicted molar refractivity (Wildman–Crippen MR) is 91.1 cm³/mol. The number of nitrogens with zero attached hydrogens (tertiary/aromatic N) is 3. The summed E-state index contributed by atoms with van der Waals surface area (Å²) in [7, 11) is 0. The van der Waals surface area contributed by atoms with Gasteiger partial charge < -0.3 is 5.32 Å². The number of hydrogen-bond donors (Lipinski definition) is 1. The molecule has 1 aromatic rings. The third-order valence-electron chi connectivity index (χ3n) is 4.67. The Morgan fingerprint density at radius 3 is 2.78 bits per heavy atom. The Morgan fingerprint density at radius 1 is 1.35 bits per heavy atom. The van der Waals surface area contributed by atoms with Crippen molar-refractivity contribution in [3.8, 4) is 6.07 Å². The maximum absolute atomic E-state index is 12.2. The smallest absolute Gasteiger partial charge is 0.230 e. The topological polar surface area (TPSA) is 78.7 Å². The zero-order valence-electron chi connectivity index (χ0n) is 14.2. The number of hydrogen-bond acceptors (Lipinski definition) is 5. The van der Waals surface area contributed by atoms with Crippen LogP contribution >= 0.6 is 11.8 Å². The van der Waals surface area contributed by atoms with Gasteiger partial charge in [-0.2, -0.15) is 5.26 Å². The summed E-state index contributed by atoms with van der Waals surface area (Å²) < 4.78 is 0. The third-order valence-corrected chi connectivity index (χ3v) is 5.65. The molecule has 1 fully saturated rings. The first kappa shape index (κ1) is 17.7. The molecule has 0 aliphatic heterocycles. The lowest BCUT2D eigenvalue weighted by Crippen LogP contribution is -2.44. The molecule has 1 aliphatic carbocycles. The van der Waals surface area contributed by atoms with Gasteiger partial charge in [0.15, 0.2) is 0 Å². The van der Waals surface area contributed by atoms with Crippen molar-refractivity contribution in [3.05, 3.63) is 17.1 Å². The Labute approximate surface area is 142 Å². The van der Waals surface area contributed by atoms with Crippen molar-refractivity contribution in [1.29, 1.82) is 5.26 Å². The molecular formula is C17H24N4OS. The van der Waals surface area contributed by atoms with E-state index in [1.807, 2.05) is 0 Å². The Morgan fingerprint density at radius 2 is 2.09 bits per heavy atom. The maximum atomic E-state index is 12.2. The standard InChI is InChI=1S/C17H24N4OS/c1-10-6-5-7-15(11(10)2)21-16(22)9-23-17-14(8-18)12(3)19-13(4)20-17/h10-11,15H,5-7,9H2,1-4H3,(H,21,22). The second kappa shape index (κ2) is 7.78. The number of aromatic nitrogens is 2. The molecule has 0 spiro atoms. The number of carbonyl (C=O) groups is 1. The van der Waals surface area contributed by atoms with Gasteiger partial charge in [0, 0.05) is 6.04 Å². The van der Waals surface area contributed by atoms with Crippen LogP contribution in [0.15, 0.2) is 5.03 Å². The monoisotopic (exact) mass is 332 g/mol. The van der Waals surface area contributed by atoms with Crippen molar-refractivity contribution >= 4 is 17.7 Å². The molecule has 1 saturated carbocycles. The van der Waals surface area contributed by atoms with Crippen molar-refractivity contribution < 1.29 is 4.79 Å². The van der Waals surface area contributed by atoms with Gasteiger partial charge in [0.2, 0.25) is 5.91 Å². The van der Waals surface area contributed by atoms with Gasteiger partial charge >= 0.3 is 0 Å². The summed E-state index contributed by atoms with van der Waals surface area (Å²) in [4.78, 5) is 20.7. The van der Waals surface area contributed by atoms with E-state index in [-0.39, 0.29) is 17.7 Å². The van der Waals surface area contributed by atoms with Gasteiger partial charge in [-0.1, -0.05) is 38.5 Å². The van der Waals surface area contributed by atoms with E-state index in [9.17, 15) is 10.1 Å². The highest BCUT2D eigenvalue weighted by Crippen LogP contribution is 2.29. The van der Waals surface area contributed by atoms with Gasteiger partial charge in [0.25, 0.3) is 0 Å². The summed E-state index contributed by atoms with van der Waals surface area (Å²) in [5.74, 6) is 2.08. The lowest BCUT2D eigenvalue weighted by atomic mass is 9.78. The van der Waals surface area contributed by atoms with Crippen molar-refractivity contribution in [2.75, 3.05) is 5.75 Å². The van der Waals surface area contributed by atoms with Gasteiger partial charge in [0.1, 0.15) is 22.5 Å². The molecule has 1 aromatic heterocycles. The Kier molecular flexibility index (Phi) is 6.00. The van der Waals surface area contributed by atoms with E-state index >= 15 is 0 Å². The highest BCUT2D eigenvalue weighted by atomic mass is 32.2. The summed E-state index contributed by atoms with van der Waals surface area (Å²) in [6, 6.07) is 2.39. The van der Waals surface area contributed by atoms with Crippen LogP contribution in [0.3, 0.4) is 0 Å². The number of carbonyl (C=O) groups excluding carboxylic acids is 1. The number of rotatable bonds is 4. The molecule has 23 heavy (non-hydrogen) atoms. The number of nitrogens with one attached hydrogen (secondary N) is 1. The fourth-order valence-corrected chi connectivity index (χ4v) is 3.97. The molecule has 3 unspecified atom stereocenters. The second-order valence-corrected chi connectivity index (χ2v) is 7.34. The lowest BCUT2D eigenvalue weighted by molar-refractivity contribution is -0.120. The maximum Gasteiger partial charge on any atom is 0.230 e. The average molecular weight is 332 g/mol. The minimum atomic E-state index is 0.0127. The predicted octanol–water partition coefficient (Wildman–Crippen LogP) is 3.00. The van der Waals surface area contributed by atoms with Gasteiger partial charge in [-0.15, -0.1) is 0 Å². The van der Waals surface area contributed by atoms with Crippen LogP contribution in [0.1, 0.15) is 50.2 Å². The quantitative estimate of drug-likeness (QED) is 0.677. The fraction of sp³-hybridized carbons (Fsp3) is 0.647. The van der Waals surface area contributed by atoms with Gasteiger partial charge in [-0.05, 0) is 32.1 Å². The molecule has 124 valence electrons. The molecular weight excluding hydrogens is 308 g/mol. The van der Waals surface area contributed by atoms with E-state index in [1.54, 1.807) is 13.8 Å². The van der Waals surface area contributed by atoms with E-state index < -0.39 is 0 Å². The minimum absolute atomic E-state index is 0.0127. The molecule has 0 radical (unpaired) electrons. The van der Waals surface area contributed by atoms with E-state index in [2.05, 4.69) is 35.2 Å². The Bertz CT molecular complexity index is 626. The van der Waals surface area contributed by atoms with Crippen LogP contribution in [0, 0.1) is 37.0 Å². The highest BCUT2D eigenvalue weighted by molar-refractivity contribution is 8.00. The largest absolute Gasteiger partial charge is 0.352 e. The van der Waals surface area contributed by atoms with Crippen LogP contribution in [-0.4, -0.2) is 27.7 Å². The molecule has 3 atom stereocenters. The Hall–Kier alpha value is -1.61. The number of thioether (sulfide) groups is 1. The average Bonchev–Trinajstić information content (AvgIpc) is 2.49. The zero-order chi connectivity index (χ0) is 17.0. The molecule has 2 rings (SSSR count). The molecule has 1 amide bonds. The Balaban J connectivity index is 1.96. The number of aryl methyl sites for hydroxylation is 2. The molecule has 1 heterocycles. The van der Waals surface area contributed by atoms with E-state index in [1.165, 1.54) is 24.6 Å². The van der Waals surface area contributed by atoms with Crippen LogP contribution in [0.2, 0.25) is 0 Å². The van der Waals surface area contributed by atoms with Crippen LogP contribution in [0.4, 0.5) is 0 Å². The molecule has 1 N–H and O–H groups in total. The van der Waals surface area contributed by atoms with Crippen molar-refractivity contribution in [2.45, 2.75) is 58.0 Å². The first-order valence-corrected chi connectivity index (χ1v) is 9.08. The summed E-state index contributed by atoms with van der Waals surface area (Å²) in [6.45, 7) is 8.06. The first-order chi connectivity index (χ1) is 10.9. The van der Waals surface area contributed by atoms with E-state index in [0.717, 1.165) is 6.42 Å². The van der Waals surface area contributed by atoms with Crippen molar-refractivity contribution in [3.63, 3.8) is 0 Å². The highest BCUT2D eigenvalue weighted by Gasteiger charge is 2.28.